The molecule has 1 rings (SSSR count). The van der Waals surface area contributed by atoms with E-state index in [1.54, 1.807) is 0 Å². The molecule has 0 aromatic heterocycles. The maximum absolute atomic E-state index is 11.8. The van der Waals surface area contributed by atoms with Gasteiger partial charge in [0.1, 0.15) is 6.54 Å². The Morgan fingerprint density at radius 1 is 1.29 bits per heavy atom. The van der Waals surface area contributed by atoms with E-state index in [-0.39, 0.29) is 30.8 Å². The monoisotopic (exact) mass is 274 g/mol. The molecule has 1 aliphatic carbocycles. The summed E-state index contributed by atoms with van der Waals surface area (Å²) in [6.07, 6.45) is -0.494. The molecule has 1 aliphatic rings. The van der Waals surface area contributed by atoms with Gasteiger partial charge >= 0.3 is 6.18 Å². The third-order valence-corrected chi connectivity index (χ3v) is 2.90. The third kappa shape index (κ3) is 6.73. The van der Waals surface area contributed by atoms with Crippen molar-refractivity contribution in [1.82, 2.24) is 5.32 Å². The van der Waals surface area contributed by atoms with Crippen LogP contribution in [0.2, 0.25) is 0 Å². The second kappa shape index (κ2) is 7.06. The first kappa shape index (κ1) is 16.5. The number of amides is 1. The predicted molar refractivity (Wildman–Crippen MR) is 60.9 cm³/mol. The smallest absolute Gasteiger partial charge is 0.347 e. The Kier molecular flexibility index (Phi) is 6.85. The summed E-state index contributed by atoms with van der Waals surface area (Å²) in [5, 5.41) is 1.87. The molecule has 3 N–H and O–H groups in total. The summed E-state index contributed by atoms with van der Waals surface area (Å²) in [6, 6.07) is -0.0506. The van der Waals surface area contributed by atoms with E-state index in [0.29, 0.717) is 0 Å². The molecule has 7 heteroatoms. The van der Waals surface area contributed by atoms with Crippen LogP contribution in [0.4, 0.5) is 13.2 Å². The summed E-state index contributed by atoms with van der Waals surface area (Å²) in [7, 11) is 0. The predicted octanol–water partition coefficient (Wildman–Crippen LogP) is 1.99. The Labute approximate surface area is 105 Å². The largest absolute Gasteiger partial charge is 0.405 e. The Morgan fingerprint density at radius 2 is 1.88 bits per heavy atom. The van der Waals surface area contributed by atoms with Crippen LogP contribution in [-0.4, -0.2) is 24.7 Å². The van der Waals surface area contributed by atoms with E-state index in [2.05, 4.69) is 0 Å². The van der Waals surface area contributed by atoms with Gasteiger partial charge in [0, 0.05) is 12.5 Å². The first-order chi connectivity index (χ1) is 7.38. The van der Waals surface area contributed by atoms with Gasteiger partial charge in [-0.1, -0.05) is 12.8 Å². The van der Waals surface area contributed by atoms with Crippen molar-refractivity contribution < 1.29 is 18.0 Å². The molecular weight excluding hydrogens is 257 g/mol. The SMILES string of the molecule is Cl.NC1CCCCC1CC(=O)NCC(F)(F)F. The van der Waals surface area contributed by atoms with Crippen molar-refractivity contribution in [3.63, 3.8) is 0 Å². The molecule has 3 nitrogen and oxygen atoms in total. The van der Waals surface area contributed by atoms with E-state index in [0.717, 1.165) is 25.7 Å². The van der Waals surface area contributed by atoms with E-state index in [9.17, 15) is 18.0 Å². The number of nitrogens with two attached hydrogens (primary N) is 1. The van der Waals surface area contributed by atoms with Gasteiger partial charge in [0.05, 0.1) is 0 Å². The van der Waals surface area contributed by atoms with Crippen LogP contribution in [0.5, 0.6) is 0 Å². The molecular formula is C10H18ClF3N2O. The molecule has 0 spiro atoms. The number of alkyl halides is 3. The molecule has 2 atom stereocenters. The average Bonchev–Trinajstić information content (AvgIpc) is 2.18. The fraction of sp³-hybridized carbons (Fsp3) is 0.900. The van der Waals surface area contributed by atoms with Crippen LogP contribution in [0.15, 0.2) is 0 Å². The standard InChI is InChI=1S/C10H17F3N2O.ClH/c11-10(12,13)6-15-9(16)5-7-3-1-2-4-8(7)14;/h7-8H,1-6,14H2,(H,15,16);1H. The number of rotatable bonds is 3. The Morgan fingerprint density at radius 3 is 2.41 bits per heavy atom. The Bertz CT molecular complexity index is 248. The van der Waals surface area contributed by atoms with Gasteiger partial charge in [-0.15, -0.1) is 12.4 Å². The molecule has 1 saturated carbocycles. The normalized spacial score (nSPS) is 24.9. The van der Waals surface area contributed by atoms with Crippen molar-refractivity contribution in [3.05, 3.63) is 0 Å². The summed E-state index contributed by atoms with van der Waals surface area (Å²) >= 11 is 0. The lowest BCUT2D eigenvalue weighted by Gasteiger charge is -2.28. The summed E-state index contributed by atoms with van der Waals surface area (Å²) in [4.78, 5) is 11.2. The molecule has 0 aromatic rings. The van der Waals surface area contributed by atoms with E-state index in [4.69, 9.17) is 5.73 Å². The fourth-order valence-corrected chi connectivity index (χ4v) is 2.00. The number of halogens is 4. The highest BCUT2D eigenvalue weighted by atomic mass is 35.5. The lowest BCUT2D eigenvalue weighted by Crippen LogP contribution is -2.39. The van der Waals surface area contributed by atoms with E-state index in [1.807, 2.05) is 5.32 Å². The van der Waals surface area contributed by atoms with Crippen molar-refractivity contribution in [2.45, 2.75) is 44.3 Å². The number of carbonyl (C=O) groups excluding carboxylic acids is 1. The second-order valence-corrected chi connectivity index (χ2v) is 4.30. The number of carbonyl (C=O) groups is 1. The van der Waals surface area contributed by atoms with Gasteiger partial charge in [-0.3, -0.25) is 4.79 Å². The summed E-state index contributed by atoms with van der Waals surface area (Å²) in [5.41, 5.74) is 5.81. The minimum atomic E-state index is -4.34. The van der Waals surface area contributed by atoms with Gasteiger partial charge < -0.3 is 11.1 Å². The zero-order valence-corrected chi connectivity index (χ0v) is 10.2. The molecule has 1 amide bonds. The van der Waals surface area contributed by atoms with Crippen LogP contribution >= 0.6 is 12.4 Å². The maximum atomic E-state index is 11.8. The minimum absolute atomic E-state index is 0. The van der Waals surface area contributed by atoms with E-state index in [1.165, 1.54) is 0 Å². The quantitative estimate of drug-likeness (QED) is 0.827. The van der Waals surface area contributed by atoms with Crippen molar-refractivity contribution in [2.24, 2.45) is 11.7 Å². The highest BCUT2D eigenvalue weighted by molar-refractivity contribution is 5.85. The van der Waals surface area contributed by atoms with E-state index < -0.39 is 18.6 Å². The molecule has 1 fully saturated rings. The van der Waals surface area contributed by atoms with Crippen LogP contribution in [0.1, 0.15) is 32.1 Å². The number of nitrogens with one attached hydrogen (secondary N) is 1. The van der Waals surface area contributed by atoms with E-state index >= 15 is 0 Å². The first-order valence-electron chi connectivity index (χ1n) is 5.47. The van der Waals surface area contributed by atoms with Crippen molar-refractivity contribution in [2.75, 3.05) is 6.54 Å². The maximum Gasteiger partial charge on any atom is 0.405 e. The van der Waals surface area contributed by atoms with Crippen LogP contribution in [-0.2, 0) is 4.79 Å². The Balaban J connectivity index is 0.00000256. The number of hydrogen-bond donors (Lipinski definition) is 2. The van der Waals surface area contributed by atoms with Crippen LogP contribution < -0.4 is 11.1 Å². The van der Waals surface area contributed by atoms with Gasteiger partial charge in [0.2, 0.25) is 5.91 Å². The van der Waals surface area contributed by atoms with Crippen LogP contribution in [0.25, 0.3) is 0 Å². The topological polar surface area (TPSA) is 55.1 Å². The molecule has 0 aliphatic heterocycles. The van der Waals surface area contributed by atoms with Crippen LogP contribution in [0, 0.1) is 5.92 Å². The van der Waals surface area contributed by atoms with Gasteiger partial charge in [0.25, 0.3) is 0 Å². The molecule has 2 unspecified atom stereocenters. The molecule has 102 valence electrons. The van der Waals surface area contributed by atoms with Gasteiger partial charge in [0.15, 0.2) is 0 Å². The second-order valence-electron chi connectivity index (χ2n) is 4.30. The van der Waals surface area contributed by atoms with Gasteiger partial charge in [-0.25, -0.2) is 0 Å². The van der Waals surface area contributed by atoms with Crippen molar-refractivity contribution >= 4 is 18.3 Å². The van der Waals surface area contributed by atoms with Crippen molar-refractivity contribution in [3.8, 4) is 0 Å². The lowest BCUT2D eigenvalue weighted by molar-refractivity contribution is -0.139. The fourth-order valence-electron chi connectivity index (χ4n) is 2.00. The highest BCUT2D eigenvalue weighted by Crippen LogP contribution is 2.25. The van der Waals surface area contributed by atoms with Gasteiger partial charge in [-0.05, 0) is 18.8 Å². The molecule has 0 heterocycles. The molecule has 0 aromatic carbocycles. The molecule has 0 radical (unpaired) electrons. The summed E-state index contributed by atoms with van der Waals surface area (Å²) in [6.45, 7) is -1.26. The Hall–Kier alpha value is -0.490. The zero-order valence-electron chi connectivity index (χ0n) is 9.43. The molecule has 17 heavy (non-hydrogen) atoms. The first-order valence-corrected chi connectivity index (χ1v) is 5.47. The van der Waals surface area contributed by atoms with Gasteiger partial charge in [-0.2, -0.15) is 13.2 Å². The zero-order chi connectivity index (χ0) is 12.2. The highest BCUT2D eigenvalue weighted by Gasteiger charge is 2.29. The number of hydrogen-bond acceptors (Lipinski definition) is 2. The summed E-state index contributed by atoms with van der Waals surface area (Å²) in [5.74, 6) is -0.526. The minimum Gasteiger partial charge on any atom is -0.347 e. The third-order valence-electron chi connectivity index (χ3n) is 2.90. The van der Waals surface area contributed by atoms with Crippen molar-refractivity contribution in [1.29, 1.82) is 0 Å². The average molecular weight is 275 g/mol. The summed E-state index contributed by atoms with van der Waals surface area (Å²) < 4.78 is 35.5. The van der Waals surface area contributed by atoms with Crippen LogP contribution in [0.3, 0.4) is 0 Å². The molecule has 0 saturated heterocycles. The molecule has 0 bridgehead atoms. The lowest BCUT2D eigenvalue weighted by atomic mass is 9.83.